The minimum absolute atomic E-state index is 0.798. The van der Waals surface area contributed by atoms with Crippen LogP contribution in [0.25, 0.3) is 0 Å². The summed E-state index contributed by atoms with van der Waals surface area (Å²) in [7, 11) is 0. The van der Waals surface area contributed by atoms with Gasteiger partial charge in [-0.2, -0.15) is 11.8 Å². The van der Waals surface area contributed by atoms with E-state index in [1.54, 1.807) is 0 Å². The molecule has 0 fully saturated rings. The first-order chi connectivity index (χ1) is 5.66. The summed E-state index contributed by atoms with van der Waals surface area (Å²) in [6, 6.07) is 0. The summed E-state index contributed by atoms with van der Waals surface area (Å²) in [6.45, 7) is 7.70. The number of rotatable bonds is 7. The Balaban J connectivity index is 3.13. The lowest BCUT2D eigenvalue weighted by atomic mass is 10.1. The van der Waals surface area contributed by atoms with Gasteiger partial charge in [-0.1, -0.05) is 33.6 Å². The Kier molecular flexibility index (Phi) is 8.14. The summed E-state index contributed by atoms with van der Waals surface area (Å²) in [5.74, 6) is 1.97. The van der Waals surface area contributed by atoms with Crippen LogP contribution in [0.4, 0.5) is 0 Å². The van der Waals surface area contributed by atoms with E-state index >= 15 is 0 Å². The van der Waals surface area contributed by atoms with E-state index in [1.807, 2.05) is 11.8 Å². The Labute approximate surface area is 81.5 Å². The molecular formula is C10H23NS. The number of hydrogen-bond donors (Lipinski definition) is 1. The maximum atomic E-state index is 5.43. The maximum absolute atomic E-state index is 5.43. The van der Waals surface area contributed by atoms with E-state index < -0.39 is 0 Å². The van der Waals surface area contributed by atoms with Gasteiger partial charge >= 0.3 is 0 Å². The van der Waals surface area contributed by atoms with Crippen molar-refractivity contribution in [2.45, 2.75) is 45.3 Å². The third-order valence-electron chi connectivity index (χ3n) is 1.91. The van der Waals surface area contributed by atoms with E-state index in [9.17, 15) is 0 Å². The van der Waals surface area contributed by atoms with Gasteiger partial charge in [-0.25, -0.2) is 0 Å². The van der Waals surface area contributed by atoms with Gasteiger partial charge in [0.05, 0.1) is 0 Å². The molecule has 0 aromatic heterocycles. The molecule has 0 aromatic carbocycles. The number of thioether (sulfide) groups is 1. The SMILES string of the molecule is CC(C)CCCC(C)SCCN. The predicted octanol–water partition coefficient (Wildman–Crippen LogP) is 2.89. The standard InChI is InChI=1S/C10H23NS/c1-9(2)5-4-6-10(3)12-8-7-11/h9-10H,4-8,11H2,1-3H3. The van der Waals surface area contributed by atoms with E-state index in [0.29, 0.717) is 0 Å². The molecule has 12 heavy (non-hydrogen) atoms. The van der Waals surface area contributed by atoms with E-state index in [1.165, 1.54) is 19.3 Å². The molecule has 74 valence electrons. The topological polar surface area (TPSA) is 26.0 Å². The second-order valence-electron chi connectivity index (χ2n) is 3.79. The molecule has 0 spiro atoms. The first kappa shape index (κ1) is 12.3. The maximum Gasteiger partial charge on any atom is 0.00585 e. The number of hydrogen-bond acceptors (Lipinski definition) is 2. The van der Waals surface area contributed by atoms with Crippen molar-refractivity contribution in [2.75, 3.05) is 12.3 Å². The first-order valence-corrected chi connectivity index (χ1v) is 6.03. The third-order valence-corrected chi connectivity index (χ3v) is 3.19. The van der Waals surface area contributed by atoms with Crippen molar-refractivity contribution in [3.05, 3.63) is 0 Å². The molecule has 0 saturated carbocycles. The van der Waals surface area contributed by atoms with Crippen LogP contribution in [0.2, 0.25) is 0 Å². The molecule has 0 heterocycles. The molecule has 0 aliphatic heterocycles. The highest BCUT2D eigenvalue weighted by atomic mass is 32.2. The van der Waals surface area contributed by atoms with E-state index in [2.05, 4.69) is 20.8 Å². The van der Waals surface area contributed by atoms with Gasteiger partial charge in [0.1, 0.15) is 0 Å². The predicted molar refractivity (Wildman–Crippen MR) is 59.7 cm³/mol. The van der Waals surface area contributed by atoms with Crippen molar-refractivity contribution in [2.24, 2.45) is 11.7 Å². The van der Waals surface area contributed by atoms with Crippen molar-refractivity contribution < 1.29 is 0 Å². The fourth-order valence-electron chi connectivity index (χ4n) is 1.17. The van der Waals surface area contributed by atoms with Crippen molar-refractivity contribution in [1.29, 1.82) is 0 Å². The van der Waals surface area contributed by atoms with E-state index in [0.717, 1.165) is 23.5 Å². The number of nitrogens with two attached hydrogens (primary N) is 1. The van der Waals surface area contributed by atoms with Gasteiger partial charge in [-0.15, -0.1) is 0 Å². The van der Waals surface area contributed by atoms with E-state index in [-0.39, 0.29) is 0 Å². The molecule has 0 radical (unpaired) electrons. The molecule has 0 bridgehead atoms. The van der Waals surface area contributed by atoms with Crippen LogP contribution in [-0.2, 0) is 0 Å². The summed E-state index contributed by atoms with van der Waals surface area (Å²) in [4.78, 5) is 0. The summed E-state index contributed by atoms with van der Waals surface area (Å²) >= 11 is 2.00. The molecule has 0 aromatic rings. The average Bonchev–Trinajstić information content (AvgIpc) is 2.00. The minimum atomic E-state index is 0.798. The summed E-state index contributed by atoms with van der Waals surface area (Å²) in [5.41, 5.74) is 5.43. The Morgan fingerprint density at radius 3 is 2.33 bits per heavy atom. The molecule has 1 nitrogen and oxygen atoms in total. The van der Waals surface area contributed by atoms with Gasteiger partial charge in [0.25, 0.3) is 0 Å². The molecular weight excluding hydrogens is 166 g/mol. The van der Waals surface area contributed by atoms with Crippen LogP contribution in [0, 0.1) is 5.92 Å². The Bertz CT molecular complexity index is 93.8. The molecule has 0 saturated heterocycles. The zero-order valence-corrected chi connectivity index (χ0v) is 9.49. The van der Waals surface area contributed by atoms with Crippen LogP contribution >= 0.6 is 11.8 Å². The highest BCUT2D eigenvalue weighted by molar-refractivity contribution is 7.99. The lowest BCUT2D eigenvalue weighted by Gasteiger charge is -2.10. The van der Waals surface area contributed by atoms with Gasteiger partial charge in [0.2, 0.25) is 0 Å². The highest BCUT2D eigenvalue weighted by Crippen LogP contribution is 2.17. The summed E-state index contributed by atoms with van der Waals surface area (Å²) in [5, 5.41) is 0.798. The second kappa shape index (κ2) is 7.93. The molecule has 2 heteroatoms. The van der Waals surface area contributed by atoms with Crippen LogP contribution in [0.5, 0.6) is 0 Å². The lowest BCUT2D eigenvalue weighted by molar-refractivity contribution is 0.537. The quantitative estimate of drug-likeness (QED) is 0.666. The zero-order valence-electron chi connectivity index (χ0n) is 8.68. The first-order valence-electron chi connectivity index (χ1n) is 4.98. The molecule has 0 aliphatic rings. The average molecular weight is 189 g/mol. The van der Waals surface area contributed by atoms with Crippen LogP contribution in [-0.4, -0.2) is 17.5 Å². The van der Waals surface area contributed by atoms with Gasteiger partial charge in [0.15, 0.2) is 0 Å². The summed E-state index contributed by atoms with van der Waals surface area (Å²) in [6.07, 6.45) is 4.09. The molecule has 2 N–H and O–H groups in total. The van der Waals surface area contributed by atoms with Gasteiger partial charge in [0, 0.05) is 17.5 Å². The van der Waals surface area contributed by atoms with E-state index in [4.69, 9.17) is 5.73 Å². The van der Waals surface area contributed by atoms with Crippen LogP contribution in [0.1, 0.15) is 40.0 Å². The fraction of sp³-hybridized carbons (Fsp3) is 1.00. The molecule has 1 unspecified atom stereocenters. The molecule has 0 amide bonds. The monoisotopic (exact) mass is 189 g/mol. The Hall–Kier alpha value is 0.310. The Morgan fingerprint density at radius 2 is 1.83 bits per heavy atom. The largest absolute Gasteiger partial charge is 0.330 e. The smallest absolute Gasteiger partial charge is 0.00585 e. The van der Waals surface area contributed by atoms with Gasteiger partial charge in [-0.3, -0.25) is 0 Å². The fourth-order valence-corrected chi connectivity index (χ4v) is 2.04. The molecule has 0 aliphatic carbocycles. The highest BCUT2D eigenvalue weighted by Gasteiger charge is 2.02. The van der Waals surface area contributed by atoms with Crippen molar-refractivity contribution in [1.82, 2.24) is 0 Å². The van der Waals surface area contributed by atoms with Crippen molar-refractivity contribution in [3.63, 3.8) is 0 Å². The van der Waals surface area contributed by atoms with Gasteiger partial charge in [-0.05, 0) is 12.3 Å². The van der Waals surface area contributed by atoms with Crippen molar-refractivity contribution >= 4 is 11.8 Å². The second-order valence-corrected chi connectivity index (χ2v) is 5.34. The third kappa shape index (κ3) is 8.41. The lowest BCUT2D eigenvalue weighted by Crippen LogP contribution is -2.06. The van der Waals surface area contributed by atoms with Crippen LogP contribution < -0.4 is 5.73 Å². The Morgan fingerprint density at radius 1 is 1.17 bits per heavy atom. The van der Waals surface area contributed by atoms with Gasteiger partial charge < -0.3 is 5.73 Å². The van der Waals surface area contributed by atoms with Crippen molar-refractivity contribution in [3.8, 4) is 0 Å². The van der Waals surface area contributed by atoms with Crippen LogP contribution in [0.15, 0.2) is 0 Å². The van der Waals surface area contributed by atoms with Crippen LogP contribution in [0.3, 0.4) is 0 Å². The normalized spacial score (nSPS) is 13.8. The zero-order chi connectivity index (χ0) is 9.40. The molecule has 0 rings (SSSR count). The minimum Gasteiger partial charge on any atom is -0.330 e. The summed E-state index contributed by atoms with van der Waals surface area (Å²) < 4.78 is 0. The molecule has 1 atom stereocenters.